The maximum Gasteiger partial charge on any atom is 0.242 e. The van der Waals surface area contributed by atoms with Crippen molar-refractivity contribution in [2.24, 2.45) is 5.92 Å². The number of nitrogens with one attached hydrogen (secondary N) is 1. The molecule has 0 atom stereocenters. The maximum absolute atomic E-state index is 6.12. The van der Waals surface area contributed by atoms with E-state index in [1.54, 1.807) is 0 Å². The van der Waals surface area contributed by atoms with Crippen LogP contribution in [-0.4, -0.2) is 22.6 Å². The van der Waals surface area contributed by atoms with Crippen LogP contribution in [0.3, 0.4) is 0 Å². The summed E-state index contributed by atoms with van der Waals surface area (Å²) < 4.78 is 5.74. The monoisotopic (exact) mass is 262 g/mol. The van der Waals surface area contributed by atoms with Crippen molar-refractivity contribution in [2.75, 3.05) is 17.7 Å². The van der Waals surface area contributed by atoms with Crippen LogP contribution in [0.15, 0.2) is 0 Å². The minimum absolute atomic E-state index is 0.457. The Bertz CT molecular complexity index is 467. The molecule has 5 heteroatoms. The molecule has 0 radical (unpaired) electrons. The van der Waals surface area contributed by atoms with Gasteiger partial charge in [-0.05, 0) is 31.6 Å². The Hall–Kier alpha value is -1.52. The zero-order valence-corrected chi connectivity index (χ0v) is 11.6. The molecule has 2 fully saturated rings. The molecule has 2 aliphatic rings. The second kappa shape index (κ2) is 4.87. The normalized spacial score (nSPS) is 18.7. The van der Waals surface area contributed by atoms with E-state index in [0.29, 0.717) is 36.1 Å². The minimum atomic E-state index is 0.457. The molecule has 3 rings (SSSR count). The highest BCUT2D eigenvalue weighted by Crippen LogP contribution is 2.41. The highest BCUT2D eigenvalue weighted by atomic mass is 16.5. The van der Waals surface area contributed by atoms with Crippen molar-refractivity contribution < 1.29 is 4.74 Å². The Morgan fingerprint density at radius 1 is 1.26 bits per heavy atom. The lowest BCUT2D eigenvalue weighted by atomic mass is 10.2. The van der Waals surface area contributed by atoms with Crippen molar-refractivity contribution in [1.82, 2.24) is 9.97 Å². The molecule has 0 unspecified atom stereocenters. The molecule has 0 bridgehead atoms. The van der Waals surface area contributed by atoms with E-state index in [1.807, 2.05) is 0 Å². The fraction of sp³-hybridized carbons (Fsp3) is 0.714. The molecule has 1 heterocycles. The maximum atomic E-state index is 6.12. The summed E-state index contributed by atoms with van der Waals surface area (Å²) in [6, 6.07) is 0.530. The van der Waals surface area contributed by atoms with Crippen molar-refractivity contribution in [2.45, 2.75) is 51.5 Å². The van der Waals surface area contributed by atoms with Crippen molar-refractivity contribution >= 4 is 11.5 Å². The molecule has 0 amide bonds. The van der Waals surface area contributed by atoms with Gasteiger partial charge in [-0.1, -0.05) is 13.8 Å². The van der Waals surface area contributed by atoms with E-state index in [2.05, 4.69) is 29.1 Å². The number of anilines is 2. The fourth-order valence-corrected chi connectivity index (χ4v) is 1.88. The molecule has 0 aromatic carbocycles. The summed E-state index contributed by atoms with van der Waals surface area (Å²) in [5.74, 6) is 3.16. The molecule has 0 saturated heterocycles. The third-order valence-corrected chi connectivity index (χ3v) is 3.34. The number of aromatic nitrogens is 2. The van der Waals surface area contributed by atoms with E-state index in [-0.39, 0.29) is 0 Å². The molecule has 1 aromatic rings. The molecular weight excluding hydrogens is 240 g/mol. The highest BCUT2D eigenvalue weighted by Gasteiger charge is 2.30. The largest absolute Gasteiger partial charge is 0.476 e. The van der Waals surface area contributed by atoms with Gasteiger partial charge in [-0.25, -0.2) is 4.98 Å². The average Bonchev–Trinajstić information content (AvgIpc) is 3.23. The Morgan fingerprint density at radius 2 is 2.00 bits per heavy atom. The molecule has 19 heavy (non-hydrogen) atoms. The predicted molar refractivity (Wildman–Crippen MR) is 75.4 cm³/mol. The lowest BCUT2D eigenvalue weighted by Gasteiger charge is -2.14. The third-order valence-electron chi connectivity index (χ3n) is 3.34. The average molecular weight is 262 g/mol. The number of nitrogens with zero attached hydrogens (tertiary/aromatic N) is 2. The van der Waals surface area contributed by atoms with Crippen molar-refractivity contribution in [3.8, 4) is 5.88 Å². The zero-order valence-electron chi connectivity index (χ0n) is 11.6. The SMILES string of the molecule is CC(C)COc1nc(C2CC2)nc(NC2CC2)c1N. The number of nitrogens with two attached hydrogens (primary N) is 1. The fourth-order valence-electron chi connectivity index (χ4n) is 1.88. The molecule has 3 N–H and O–H groups in total. The van der Waals surface area contributed by atoms with Gasteiger partial charge in [-0.2, -0.15) is 4.98 Å². The molecule has 2 aliphatic carbocycles. The van der Waals surface area contributed by atoms with E-state index in [4.69, 9.17) is 10.5 Å². The van der Waals surface area contributed by atoms with Crippen LogP contribution in [0.5, 0.6) is 5.88 Å². The van der Waals surface area contributed by atoms with Crippen LogP contribution < -0.4 is 15.8 Å². The molecule has 5 nitrogen and oxygen atoms in total. The van der Waals surface area contributed by atoms with Gasteiger partial charge >= 0.3 is 0 Å². The number of rotatable bonds is 6. The lowest BCUT2D eigenvalue weighted by molar-refractivity contribution is 0.262. The number of nitrogen functional groups attached to an aromatic ring is 1. The van der Waals surface area contributed by atoms with Crippen LogP contribution in [0.4, 0.5) is 11.5 Å². The Labute approximate surface area is 114 Å². The summed E-state index contributed by atoms with van der Waals surface area (Å²) in [7, 11) is 0. The topological polar surface area (TPSA) is 73.1 Å². The number of hydrogen-bond donors (Lipinski definition) is 2. The van der Waals surface area contributed by atoms with Crippen molar-refractivity contribution in [3.05, 3.63) is 5.82 Å². The Balaban J connectivity index is 1.84. The number of hydrogen-bond acceptors (Lipinski definition) is 5. The molecule has 0 aliphatic heterocycles. The summed E-state index contributed by atoms with van der Waals surface area (Å²) >= 11 is 0. The highest BCUT2D eigenvalue weighted by molar-refractivity contribution is 5.67. The second-order valence-electron chi connectivity index (χ2n) is 6.05. The summed E-state index contributed by atoms with van der Waals surface area (Å²) in [6.45, 7) is 4.86. The van der Waals surface area contributed by atoms with Gasteiger partial charge in [-0.15, -0.1) is 0 Å². The molecule has 104 valence electrons. The zero-order chi connectivity index (χ0) is 13.4. The lowest BCUT2D eigenvalue weighted by Crippen LogP contribution is -2.13. The van der Waals surface area contributed by atoms with Crippen LogP contribution in [0.2, 0.25) is 0 Å². The summed E-state index contributed by atoms with van der Waals surface area (Å²) in [4.78, 5) is 9.07. The van der Waals surface area contributed by atoms with Gasteiger partial charge in [0.05, 0.1) is 6.61 Å². The first-order chi connectivity index (χ1) is 9.13. The van der Waals surface area contributed by atoms with Gasteiger partial charge in [-0.3, -0.25) is 0 Å². The van der Waals surface area contributed by atoms with Crippen LogP contribution in [0.1, 0.15) is 51.3 Å². The van der Waals surface area contributed by atoms with Gasteiger partial charge in [0.15, 0.2) is 5.82 Å². The quantitative estimate of drug-likeness (QED) is 0.824. The first-order valence-electron chi connectivity index (χ1n) is 7.20. The van der Waals surface area contributed by atoms with Gasteiger partial charge in [0.1, 0.15) is 11.5 Å². The predicted octanol–water partition coefficient (Wildman–Crippen LogP) is 2.55. The Morgan fingerprint density at radius 3 is 2.58 bits per heavy atom. The standard InChI is InChI=1S/C14H22N4O/c1-8(2)7-19-14-11(15)13(16-10-5-6-10)17-12(18-14)9-3-4-9/h8-10H,3-7,15H2,1-2H3,(H,16,17,18). The second-order valence-corrected chi connectivity index (χ2v) is 6.05. The molecular formula is C14H22N4O. The van der Waals surface area contributed by atoms with Gasteiger partial charge in [0.25, 0.3) is 0 Å². The van der Waals surface area contributed by atoms with Crippen LogP contribution in [-0.2, 0) is 0 Å². The van der Waals surface area contributed by atoms with Crippen LogP contribution >= 0.6 is 0 Å². The summed E-state index contributed by atoms with van der Waals surface area (Å²) in [5, 5.41) is 3.38. The van der Waals surface area contributed by atoms with E-state index >= 15 is 0 Å². The molecule has 1 aromatic heterocycles. The van der Waals surface area contributed by atoms with E-state index in [0.717, 1.165) is 11.6 Å². The van der Waals surface area contributed by atoms with Gasteiger partial charge < -0.3 is 15.8 Å². The minimum Gasteiger partial charge on any atom is -0.476 e. The Kier molecular flexibility index (Phi) is 3.21. The molecule has 0 spiro atoms. The van der Waals surface area contributed by atoms with Crippen molar-refractivity contribution in [1.29, 1.82) is 0 Å². The first kappa shape index (κ1) is 12.5. The summed E-state index contributed by atoms with van der Waals surface area (Å²) in [5.41, 5.74) is 6.68. The molecule has 2 saturated carbocycles. The van der Waals surface area contributed by atoms with E-state index < -0.39 is 0 Å². The van der Waals surface area contributed by atoms with E-state index in [1.165, 1.54) is 25.7 Å². The van der Waals surface area contributed by atoms with Crippen molar-refractivity contribution in [3.63, 3.8) is 0 Å². The number of ether oxygens (including phenoxy) is 1. The smallest absolute Gasteiger partial charge is 0.242 e. The van der Waals surface area contributed by atoms with Gasteiger partial charge in [0, 0.05) is 12.0 Å². The van der Waals surface area contributed by atoms with E-state index in [9.17, 15) is 0 Å². The van der Waals surface area contributed by atoms with Crippen LogP contribution in [0, 0.1) is 5.92 Å². The van der Waals surface area contributed by atoms with Gasteiger partial charge in [0.2, 0.25) is 5.88 Å². The third kappa shape index (κ3) is 3.08. The van der Waals surface area contributed by atoms with Crippen LogP contribution in [0.25, 0.3) is 0 Å². The first-order valence-corrected chi connectivity index (χ1v) is 7.20. The summed E-state index contributed by atoms with van der Waals surface area (Å²) in [6.07, 6.45) is 4.75.